The molecule has 0 aliphatic rings. The third kappa shape index (κ3) is 3.31. The van der Waals surface area contributed by atoms with Crippen molar-refractivity contribution in [2.75, 3.05) is 19.0 Å². The number of anilines is 1. The highest BCUT2D eigenvalue weighted by molar-refractivity contribution is 9.10. The topological polar surface area (TPSA) is 67.0 Å². The van der Waals surface area contributed by atoms with Gasteiger partial charge < -0.3 is 10.1 Å². The zero-order chi connectivity index (χ0) is 12.1. The average molecular weight is 290 g/mol. The number of ether oxygens (including phenoxy) is 1. The minimum absolute atomic E-state index is 0.143. The van der Waals surface area contributed by atoms with Gasteiger partial charge in [-0.1, -0.05) is 13.8 Å². The summed E-state index contributed by atoms with van der Waals surface area (Å²) in [6.07, 6.45) is 1.58. The van der Waals surface area contributed by atoms with Crippen molar-refractivity contribution in [2.45, 2.75) is 19.9 Å². The van der Waals surface area contributed by atoms with Crippen LogP contribution in [-0.2, 0) is 4.74 Å². The van der Waals surface area contributed by atoms with Crippen LogP contribution in [0.25, 0.3) is 0 Å². The Morgan fingerprint density at radius 3 is 2.88 bits per heavy atom. The Labute approximate surface area is 103 Å². The minimum Gasteiger partial charge on any atom is -0.383 e. The van der Waals surface area contributed by atoms with E-state index in [1.165, 1.54) is 0 Å². The van der Waals surface area contributed by atoms with Crippen molar-refractivity contribution in [3.05, 3.63) is 21.0 Å². The number of rotatable bonds is 5. The fourth-order valence-corrected chi connectivity index (χ4v) is 1.57. The number of H-pyrrole nitrogens is 1. The van der Waals surface area contributed by atoms with E-state index in [2.05, 4.69) is 45.3 Å². The van der Waals surface area contributed by atoms with Crippen molar-refractivity contribution < 1.29 is 4.74 Å². The molecule has 0 radical (unpaired) electrons. The van der Waals surface area contributed by atoms with Crippen LogP contribution in [0.5, 0.6) is 0 Å². The Morgan fingerprint density at radius 1 is 1.62 bits per heavy atom. The first-order valence-electron chi connectivity index (χ1n) is 5.05. The van der Waals surface area contributed by atoms with Gasteiger partial charge in [-0.25, -0.2) is 5.10 Å². The first-order valence-corrected chi connectivity index (χ1v) is 5.84. The number of nitrogens with zero attached hydrogens (tertiary/aromatic N) is 1. The van der Waals surface area contributed by atoms with Gasteiger partial charge in [-0.3, -0.25) is 4.79 Å². The number of halogens is 1. The van der Waals surface area contributed by atoms with E-state index < -0.39 is 0 Å². The molecule has 0 saturated carbocycles. The van der Waals surface area contributed by atoms with Gasteiger partial charge in [0.05, 0.1) is 24.5 Å². The molecule has 0 saturated heterocycles. The maximum atomic E-state index is 11.3. The van der Waals surface area contributed by atoms with E-state index in [1.54, 1.807) is 13.3 Å². The second kappa shape index (κ2) is 6.00. The lowest BCUT2D eigenvalue weighted by atomic mass is 10.1. The van der Waals surface area contributed by atoms with Gasteiger partial charge in [-0.15, -0.1) is 0 Å². The number of aromatic nitrogens is 2. The van der Waals surface area contributed by atoms with Crippen LogP contribution in [0.3, 0.4) is 0 Å². The molecule has 0 bridgehead atoms. The van der Waals surface area contributed by atoms with Gasteiger partial charge in [0.1, 0.15) is 4.47 Å². The highest BCUT2D eigenvalue weighted by Crippen LogP contribution is 2.18. The molecule has 0 aliphatic carbocycles. The third-order valence-electron chi connectivity index (χ3n) is 2.29. The molecule has 5 nitrogen and oxygen atoms in total. The van der Waals surface area contributed by atoms with Gasteiger partial charge in [0.2, 0.25) is 0 Å². The zero-order valence-corrected chi connectivity index (χ0v) is 11.2. The van der Waals surface area contributed by atoms with Crippen molar-refractivity contribution in [2.24, 2.45) is 5.92 Å². The molecule has 0 fully saturated rings. The van der Waals surface area contributed by atoms with Crippen LogP contribution < -0.4 is 10.9 Å². The minimum atomic E-state index is -0.245. The molecule has 1 aromatic heterocycles. The molecule has 16 heavy (non-hydrogen) atoms. The SMILES string of the molecule is COCC(Nc1cn[nH]c(=O)c1Br)C(C)C. The van der Waals surface area contributed by atoms with Crippen molar-refractivity contribution >= 4 is 21.6 Å². The largest absolute Gasteiger partial charge is 0.383 e. The summed E-state index contributed by atoms with van der Waals surface area (Å²) in [5.74, 6) is 0.395. The molecule has 0 spiro atoms. The van der Waals surface area contributed by atoms with Crippen molar-refractivity contribution in [3.63, 3.8) is 0 Å². The Morgan fingerprint density at radius 2 is 2.31 bits per heavy atom. The first-order chi connectivity index (χ1) is 7.56. The predicted molar refractivity (Wildman–Crippen MR) is 66.7 cm³/mol. The lowest BCUT2D eigenvalue weighted by Gasteiger charge is -2.22. The Hall–Kier alpha value is -0.880. The molecule has 1 aromatic rings. The summed E-state index contributed by atoms with van der Waals surface area (Å²) >= 11 is 3.22. The summed E-state index contributed by atoms with van der Waals surface area (Å²) < 4.78 is 5.59. The molecular weight excluding hydrogens is 274 g/mol. The molecule has 0 aromatic carbocycles. The van der Waals surface area contributed by atoms with E-state index in [-0.39, 0.29) is 11.6 Å². The molecule has 1 rings (SSSR count). The van der Waals surface area contributed by atoms with E-state index in [1.807, 2.05) is 0 Å². The number of nitrogens with one attached hydrogen (secondary N) is 2. The van der Waals surface area contributed by atoms with E-state index in [9.17, 15) is 4.79 Å². The summed E-state index contributed by atoms with van der Waals surface area (Å²) in [5.41, 5.74) is 0.435. The van der Waals surface area contributed by atoms with Crippen LogP contribution in [-0.4, -0.2) is 30.0 Å². The highest BCUT2D eigenvalue weighted by Gasteiger charge is 2.15. The molecule has 0 aliphatic heterocycles. The van der Waals surface area contributed by atoms with Crippen molar-refractivity contribution in [1.82, 2.24) is 10.2 Å². The van der Waals surface area contributed by atoms with Crippen molar-refractivity contribution in [3.8, 4) is 0 Å². The van der Waals surface area contributed by atoms with Crippen molar-refractivity contribution in [1.29, 1.82) is 0 Å². The highest BCUT2D eigenvalue weighted by atomic mass is 79.9. The summed E-state index contributed by atoms with van der Waals surface area (Å²) in [5, 5.41) is 9.33. The van der Waals surface area contributed by atoms with Crippen LogP contribution in [0.1, 0.15) is 13.8 Å². The molecule has 6 heteroatoms. The van der Waals surface area contributed by atoms with Crippen LogP contribution in [0, 0.1) is 5.92 Å². The number of aromatic amines is 1. The Bertz CT molecular complexity index is 392. The zero-order valence-electron chi connectivity index (χ0n) is 9.58. The molecular formula is C10H16BrN3O2. The van der Waals surface area contributed by atoms with Gasteiger partial charge in [0.15, 0.2) is 0 Å². The average Bonchev–Trinajstić information content (AvgIpc) is 2.23. The second-order valence-electron chi connectivity index (χ2n) is 3.88. The van der Waals surface area contributed by atoms with E-state index in [0.29, 0.717) is 22.7 Å². The van der Waals surface area contributed by atoms with Gasteiger partial charge in [0, 0.05) is 7.11 Å². The lowest BCUT2D eigenvalue weighted by molar-refractivity contribution is 0.171. The molecule has 2 N–H and O–H groups in total. The smallest absolute Gasteiger partial charge is 0.280 e. The second-order valence-corrected chi connectivity index (χ2v) is 4.67. The number of hydrogen-bond acceptors (Lipinski definition) is 4. The third-order valence-corrected chi connectivity index (χ3v) is 3.07. The van der Waals surface area contributed by atoms with Gasteiger partial charge in [-0.05, 0) is 21.8 Å². The Balaban J connectivity index is 2.85. The predicted octanol–water partition coefficient (Wildman–Crippen LogP) is 1.62. The fourth-order valence-electron chi connectivity index (χ4n) is 1.26. The summed E-state index contributed by atoms with van der Waals surface area (Å²) in [7, 11) is 1.65. The summed E-state index contributed by atoms with van der Waals surface area (Å²) in [6.45, 7) is 4.76. The standard InChI is InChI=1S/C10H16BrN3O2/c1-6(2)8(5-16-3)13-7-4-12-14-10(15)9(7)11/h4,6,8H,5H2,1-3H3,(H2,13,14,15). The van der Waals surface area contributed by atoms with Gasteiger partial charge in [-0.2, -0.15) is 5.10 Å². The molecule has 90 valence electrons. The molecule has 1 unspecified atom stereocenters. The number of hydrogen-bond donors (Lipinski definition) is 2. The van der Waals surface area contributed by atoms with Gasteiger partial charge >= 0.3 is 0 Å². The monoisotopic (exact) mass is 289 g/mol. The Kier molecular flexibility index (Phi) is 4.95. The van der Waals surface area contributed by atoms with Crippen LogP contribution >= 0.6 is 15.9 Å². The lowest BCUT2D eigenvalue weighted by Crippen LogP contribution is -2.31. The summed E-state index contributed by atoms with van der Waals surface area (Å²) in [6, 6.07) is 0.143. The summed E-state index contributed by atoms with van der Waals surface area (Å²) in [4.78, 5) is 11.3. The van der Waals surface area contributed by atoms with E-state index in [4.69, 9.17) is 4.74 Å². The maximum absolute atomic E-state index is 11.3. The van der Waals surface area contributed by atoms with E-state index >= 15 is 0 Å². The maximum Gasteiger partial charge on any atom is 0.280 e. The fraction of sp³-hybridized carbons (Fsp3) is 0.600. The number of methoxy groups -OCH3 is 1. The molecule has 1 atom stereocenters. The van der Waals surface area contributed by atoms with Crippen LogP contribution in [0.4, 0.5) is 5.69 Å². The first kappa shape index (κ1) is 13.2. The van der Waals surface area contributed by atoms with Gasteiger partial charge in [0.25, 0.3) is 5.56 Å². The van der Waals surface area contributed by atoms with E-state index in [0.717, 1.165) is 0 Å². The normalized spacial score (nSPS) is 12.8. The molecule has 1 heterocycles. The quantitative estimate of drug-likeness (QED) is 0.864. The van der Waals surface area contributed by atoms with Crippen LogP contribution in [0.2, 0.25) is 0 Å². The molecule has 0 amide bonds. The van der Waals surface area contributed by atoms with Crippen LogP contribution in [0.15, 0.2) is 15.5 Å².